The summed E-state index contributed by atoms with van der Waals surface area (Å²) in [5.41, 5.74) is 7.76. The predicted molar refractivity (Wildman–Crippen MR) is 100 cm³/mol. The summed E-state index contributed by atoms with van der Waals surface area (Å²) in [5.74, 6) is 0.522. The van der Waals surface area contributed by atoms with Crippen molar-refractivity contribution in [3.63, 3.8) is 0 Å². The van der Waals surface area contributed by atoms with Gasteiger partial charge in [0.05, 0.1) is 13.2 Å². The summed E-state index contributed by atoms with van der Waals surface area (Å²) in [4.78, 5) is 17.0. The normalized spacial score (nSPS) is 29.8. The molecule has 3 fully saturated rings. The summed E-state index contributed by atoms with van der Waals surface area (Å²) >= 11 is 0. The van der Waals surface area contributed by atoms with E-state index in [9.17, 15) is 9.18 Å². The summed E-state index contributed by atoms with van der Waals surface area (Å²) in [6, 6.07) is 6.97. The summed E-state index contributed by atoms with van der Waals surface area (Å²) < 4.78 is 18.4. The highest BCUT2D eigenvalue weighted by Gasteiger charge is 2.37. The number of hydrogen-bond acceptors (Lipinski definition) is 5. The van der Waals surface area contributed by atoms with Crippen LogP contribution in [0.4, 0.5) is 4.39 Å². The number of piperidine rings is 1. The Morgan fingerprint density at radius 1 is 1.15 bits per heavy atom. The summed E-state index contributed by atoms with van der Waals surface area (Å²) in [6.07, 6.45) is 3.18. The summed E-state index contributed by atoms with van der Waals surface area (Å²) in [5, 5.41) is 0. The Bertz CT molecular complexity index is 635. The minimum absolute atomic E-state index is 0.138. The number of halogens is 1. The van der Waals surface area contributed by atoms with E-state index in [2.05, 4.69) is 15.8 Å². The van der Waals surface area contributed by atoms with Gasteiger partial charge in [0.2, 0.25) is 5.91 Å². The summed E-state index contributed by atoms with van der Waals surface area (Å²) in [7, 11) is 0. The number of amides is 1. The van der Waals surface area contributed by atoms with E-state index in [-0.39, 0.29) is 17.8 Å². The predicted octanol–water partition coefficient (Wildman–Crippen LogP) is 1.13. The first-order chi connectivity index (χ1) is 13.2. The van der Waals surface area contributed by atoms with Crippen molar-refractivity contribution in [3.05, 3.63) is 35.6 Å². The van der Waals surface area contributed by atoms with E-state index in [0.717, 1.165) is 38.0 Å². The van der Waals surface area contributed by atoms with Crippen molar-refractivity contribution in [2.45, 2.75) is 37.9 Å². The van der Waals surface area contributed by atoms with E-state index >= 15 is 0 Å². The number of ether oxygens (including phenoxy) is 1. The fraction of sp³-hybridized carbons (Fsp3) is 0.650. The van der Waals surface area contributed by atoms with Gasteiger partial charge in [0, 0.05) is 32.2 Å². The van der Waals surface area contributed by atoms with Crippen molar-refractivity contribution in [1.29, 1.82) is 0 Å². The molecule has 2 N–H and O–H groups in total. The van der Waals surface area contributed by atoms with Crippen LogP contribution in [0.25, 0.3) is 0 Å². The van der Waals surface area contributed by atoms with Crippen molar-refractivity contribution in [3.8, 4) is 0 Å². The molecule has 3 atom stereocenters. The van der Waals surface area contributed by atoms with E-state index < -0.39 is 0 Å². The van der Waals surface area contributed by atoms with Crippen molar-refractivity contribution in [2.75, 3.05) is 39.4 Å². The fourth-order valence-electron chi connectivity index (χ4n) is 4.47. The lowest BCUT2D eigenvalue weighted by Crippen LogP contribution is -2.49. The maximum atomic E-state index is 13.1. The first-order valence-electron chi connectivity index (χ1n) is 10.0. The first kappa shape index (κ1) is 18.8. The third-order valence-corrected chi connectivity index (χ3v) is 5.98. The van der Waals surface area contributed by atoms with Crippen LogP contribution < -0.4 is 10.9 Å². The molecule has 1 aromatic rings. The van der Waals surface area contributed by atoms with Gasteiger partial charge in [-0.15, -0.1) is 0 Å². The van der Waals surface area contributed by atoms with Gasteiger partial charge in [-0.3, -0.25) is 15.1 Å². The Kier molecular flexibility index (Phi) is 6.02. The average Bonchev–Trinajstić information content (AvgIpc) is 3.20. The molecule has 148 valence electrons. The number of nitrogens with zero attached hydrogens (tertiary/aromatic N) is 2. The molecule has 1 amide bonds. The van der Waals surface area contributed by atoms with Gasteiger partial charge in [-0.25, -0.2) is 9.82 Å². The number of hydrazine groups is 1. The summed E-state index contributed by atoms with van der Waals surface area (Å²) in [6.45, 7) is 5.59. The Morgan fingerprint density at radius 3 is 2.70 bits per heavy atom. The zero-order valence-corrected chi connectivity index (χ0v) is 15.7. The minimum Gasteiger partial charge on any atom is -0.378 e. The molecule has 3 heterocycles. The Morgan fingerprint density at radius 2 is 1.93 bits per heavy atom. The van der Waals surface area contributed by atoms with Gasteiger partial charge in [0.15, 0.2) is 0 Å². The van der Waals surface area contributed by atoms with Crippen LogP contribution in [0.2, 0.25) is 0 Å². The molecular formula is C20H29FN4O2. The zero-order valence-electron chi connectivity index (χ0n) is 15.7. The molecule has 27 heavy (non-hydrogen) atoms. The van der Waals surface area contributed by atoms with Gasteiger partial charge < -0.3 is 9.64 Å². The molecule has 3 saturated heterocycles. The number of nitrogens with one attached hydrogen (secondary N) is 2. The maximum Gasteiger partial charge on any atom is 0.241 e. The van der Waals surface area contributed by atoms with Crippen LogP contribution in [0.3, 0.4) is 0 Å². The molecule has 0 spiro atoms. The standard InChI is InChI=1S/C20H29FN4O2/c21-17-5-3-15(4-6-17)13-24-7-1-2-16(14-24)18-12-19(23-22-18)20(26)25-8-10-27-11-9-25/h3-6,16,18-19,22-23H,1-2,7-14H2. The molecule has 0 radical (unpaired) electrons. The number of morpholine rings is 1. The van der Waals surface area contributed by atoms with Crippen molar-refractivity contribution < 1.29 is 13.9 Å². The highest BCUT2D eigenvalue weighted by molar-refractivity contribution is 5.82. The quantitative estimate of drug-likeness (QED) is 0.825. The van der Waals surface area contributed by atoms with Gasteiger partial charge in [0.1, 0.15) is 11.9 Å². The monoisotopic (exact) mass is 376 g/mol. The van der Waals surface area contributed by atoms with E-state index in [1.165, 1.54) is 18.6 Å². The van der Waals surface area contributed by atoms with E-state index in [4.69, 9.17) is 4.74 Å². The van der Waals surface area contributed by atoms with Crippen LogP contribution in [0.5, 0.6) is 0 Å². The molecule has 3 aliphatic rings. The highest BCUT2D eigenvalue weighted by atomic mass is 19.1. The molecule has 3 unspecified atom stereocenters. The largest absolute Gasteiger partial charge is 0.378 e. The number of benzene rings is 1. The van der Waals surface area contributed by atoms with Gasteiger partial charge >= 0.3 is 0 Å². The second kappa shape index (κ2) is 8.65. The third kappa shape index (κ3) is 4.66. The lowest BCUT2D eigenvalue weighted by molar-refractivity contribution is -0.137. The first-order valence-corrected chi connectivity index (χ1v) is 10.0. The van der Waals surface area contributed by atoms with Crippen molar-refractivity contribution in [2.24, 2.45) is 5.92 Å². The molecule has 0 aliphatic carbocycles. The van der Waals surface area contributed by atoms with E-state index in [0.29, 0.717) is 38.3 Å². The van der Waals surface area contributed by atoms with Crippen LogP contribution in [0, 0.1) is 11.7 Å². The molecule has 4 rings (SSSR count). The molecule has 0 aromatic heterocycles. The van der Waals surface area contributed by atoms with Gasteiger partial charge in [-0.05, 0) is 49.4 Å². The van der Waals surface area contributed by atoms with Crippen LogP contribution in [-0.4, -0.2) is 67.2 Å². The molecule has 6 nitrogen and oxygen atoms in total. The second-order valence-corrected chi connectivity index (χ2v) is 7.89. The van der Waals surface area contributed by atoms with Gasteiger partial charge in [0.25, 0.3) is 0 Å². The SMILES string of the molecule is O=C(C1CC(C2CCCN(Cc3ccc(F)cc3)C2)NN1)N1CCOCC1. The van der Waals surface area contributed by atoms with Crippen molar-refractivity contribution in [1.82, 2.24) is 20.7 Å². The minimum atomic E-state index is -0.188. The Hall–Kier alpha value is -1.54. The van der Waals surface area contributed by atoms with Crippen molar-refractivity contribution >= 4 is 5.91 Å². The number of hydrogen-bond donors (Lipinski definition) is 2. The van der Waals surface area contributed by atoms with E-state index in [1.54, 1.807) is 0 Å². The fourth-order valence-corrected chi connectivity index (χ4v) is 4.47. The van der Waals surface area contributed by atoms with Gasteiger partial charge in [-0.1, -0.05) is 12.1 Å². The molecule has 3 aliphatic heterocycles. The zero-order chi connectivity index (χ0) is 18.6. The van der Waals surface area contributed by atoms with Gasteiger partial charge in [-0.2, -0.15) is 0 Å². The number of rotatable bonds is 4. The Balaban J connectivity index is 1.29. The van der Waals surface area contributed by atoms with E-state index in [1.807, 2.05) is 17.0 Å². The lowest BCUT2D eigenvalue weighted by atomic mass is 9.88. The molecule has 1 aromatic carbocycles. The maximum absolute atomic E-state index is 13.1. The average molecular weight is 376 g/mol. The molecule has 7 heteroatoms. The molecular weight excluding hydrogens is 347 g/mol. The van der Waals surface area contributed by atoms with Crippen LogP contribution in [0.15, 0.2) is 24.3 Å². The molecule has 0 bridgehead atoms. The Labute approximate surface area is 160 Å². The van der Waals surface area contributed by atoms with Crippen LogP contribution in [-0.2, 0) is 16.1 Å². The van der Waals surface area contributed by atoms with Crippen LogP contribution >= 0.6 is 0 Å². The number of carbonyl (C=O) groups is 1. The molecule has 0 saturated carbocycles. The van der Waals surface area contributed by atoms with Crippen LogP contribution in [0.1, 0.15) is 24.8 Å². The lowest BCUT2D eigenvalue weighted by Gasteiger charge is -2.35. The number of carbonyl (C=O) groups excluding carboxylic acids is 1. The smallest absolute Gasteiger partial charge is 0.241 e. The second-order valence-electron chi connectivity index (χ2n) is 7.89. The topological polar surface area (TPSA) is 56.8 Å². The number of likely N-dealkylation sites (tertiary alicyclic amines) is 1. The third-order valence-electron chi connectivity index (χ3n) is 5.98. The highest BCUT2D eigenvalue weighted by Crippen LogP contribution is 2.26.